The number of carbonyl (C=O) groups excluding carboxylic acids is 1. The Balaban J connectivity index is 2.00. The van der Waals surface area contributed by atoms with Gasteiger partial charge in [-0.05, 0) is 12.1 Å². The van der Waals surface area contributed by atoms with E-state index in [0.717, 1.165) is 5.69 Å². The summed E-state index contributed by atoms with van der Waals surface area (Å²) in [4.78, 5) is 13.6. The molecular weight excluding hydrogens is 238 g/mol. The summed E-state index contributed by atoms with van der Waals surface area (Å²) in [5.74, 6) is 1.48. The zero-order valence-corrected chi connectivity index (χ0v) is 10.2. The maximum absolute atomic E-state index is 11.9. The molecule has 1 fully saturated rings. The van der Waals surface area contributed by atoms with Crippen molar-refractivity contribution in [2.45, 2.75) is 11.7 Å². The molecule has 2 aliphatic heterocycles. The lowest BCUT2D eigenvalue weighted by atomic mass is 10.2. The Morgan fingerprint density at radius 3 is 2.88 bits per heavy atom. The Morgan fingerprint density at radius 1 is 1.29 bits per heavy atom. The summed E-state index contributed by atoms with van der Waals surface area (Å²) in [6.07, 6.45) is 0.480. The van der Waals surface area contributed by atoms with Gasteiger partial charge in [-0.15, -0.1) is 0 Å². The lowest BCUT2D eigenvalue weighted by molar-refractivity contribution is -0.117. The van der Waals surface area contributed by atoms with Gasteiger partial charge in [0.05, 0.1) is 5.69 Å². The minimum Gasteiger partial charge on any atom is -0.486 e. The molecule has 17 heavy (non-hydrogen) atoms. The minimum atomic E-state index is 0.0903. The number of benzene rings is 1. The molecule has 0 bridgehead atoms. The first kappa shape index (κ1) is 10.8. The molecule has 1 unspecified atom stereocenters. The van der Waals surface area contributed by atoms with Crippen LogP contribution in [0, 0.1) is 0 Å². The van der Waals surface area contributed by atoms with Gasteiger partial charge >= 0.3 is 0 Å². The summed E-state index contributed by atoms with van der Waals surface area (Å²) >= 11 is 4.35. The molecule has 1 atom stereocenters. The predicted octanol–water partition coefficient (Wildman–Crippen LogP) is 1.49. The van der Waals surface area contributed by atoms with Crippen molar-refractivity contribution in [1.82, 2.24) is 0 Å². The maximum Gasteiger partial charge on any atom is 0.228 e. The SMILES string of the molecule is O=C1CC(S)CN1c1cccc2c1OCCO2. The van der Waals surface area contributed by atoms with Crippen LogP contribution < -0.4 is 14.4 Å². The monoisotopic (exact) mass is 251 g/mol. The molecular formula is C12H13NO3S. The van der Waals surface area contributed by atoms with Crippen LogP contribution in [0.5, 0.6) is 11.5 Å². The highest BCUT2D eigenvalue weighted by atomic mass is 32.1. The van der Waals surface area contributed by atoms with Crippen LogP contribution in [0.3, 0.4) is 0 Å². The lowest BCUT2D eigenvalue weighted by Crippen LogP contribution is -2.26. The molecule has 0 radical (unpaired) electrons. The molecule has 1 aromatic rings. The first-order chi connectivity index (χ1) is 8.25. The van der Waals surface area contributed by atoms with Gasteiger partial charge in [0.2, 0.25) is 5.91 Å². The Bertz CT molecular complexity index is 463. The summed E-state index contributed by atoms with van der Waals surface area (Å²) in [6.45, 7) is 1.71. The van der Waals surface area contributed by atoms with Crippen LogP contribution >= 0.6 is 12.6 Å². The van der Waals surface area contributed by atoms with Crippen LogP contribution in [-0.4, -0.2) is 30.9 Å². The van der Waals surface area contributed by atoms with Gasteiger partial charge in [-0.2, -0.15) is 12.6 Å². The van der Waals surface area contributed by atoms with E-state index < -0.39 is 0 Å². The Hall–Kier alpha value is -1.36. The van der Waals surface area contributed by atoms with Gasteiger partial charge in [-0.25, -0.2) is 0 Å². The number of fused-ring (bicyclic) bond motifs is 1. The molecule has 0 N–H and O–H groups in total. The fourth-order valence-corrected chi connectivity index (χ4v) is 2.51. The van der Waals surface area contributed by atoms with Crippen molar-refractivity contribution in [1.29, 1.82) is 0 Å². The van der Waals surface area contributed by atoms with Crippen LogP contribution in [0.1, 0.15) is 6.42 Å². The Morgan fingerprint density at radius 2 is 2.12 bits per heavy atom. The third kappa shape index (κ3) is 1.84. The van der Waals surface area contributed by atoms with E-state index in [4.69, 9.17) is 9.47 Å². The number of carbonyl (C=O) groups is 1. The van der Waals surface area contributed by atoms with Gasteiger partial charge < -0.3 is 14.4 Å². The molecule has 1 aromatic carbocycles. The van der Waals surface area contributed by atoms with E-state index in [1.54, 1.807) is 4.90 Å². The molecule has 5 heteroatoms. The zero-order chi connectivity index (χ0) is 11.8. The Kier molecular flexibility index (Phi) is 2.63. The van der Waals surface area contributed by atoms with Gasteiger partial charge in [-0.3, -0.25) is 4.79 Å². The highest BCUT2D eigenvalue weighted by molar-refractivity contribution is 7.81. The molecule has 1 saturated heterocycles. The van der Waals surface area contributed by atoms with Crippen LogP contribution in [-0.2, 0) is 4.79 Å². The van der Waals surface area contributed by atoms with Crippen LogP contribution in [0.4, 0.5) is 5.69 Å². The molecule has 2 heterocycles. The summed E-state index contributed by atoms with van der Waals surface area (Å²) < 4.78 is 11.1. The standard InChI is InChI=1S/C12H13NO3S/c14-11-6-8(17)7-13(11)9-2-1-3-10-12(9)16-5-4-15-10/h1-3,8,17H,4-7H2. The van der Waals surface area contributed by atoms with E-state index in [1.807, 2.05) is 18.2 Å². The van der Waals surface area contributed by atoms with E-state index in [0.29, 0.717) is 37.7 Å². The molecule has 0 aliphatic carbocycles. The topological polar surface area (TPSA) is 38.8 Å². The highest BCUT2D eigenvalue weighted by Gasteiger charge is 2.31. The van der Waals surface area contributed by atoms with Gasteiger partial charge in [0, 0.05) is 18.2 Å². The number of ether oxygens (including phenoxy) is 2. The third-order valence-electron chi connectivity index (χ3n) is 2.94. The molecule has 1 amide bonds. The number of rotatable bonds is 1. The maximum atomic E-state index is 11.9. The first-order valence-electron chi connectivity index (χ1n) is 5.63. The number of hydrogen-bond donors (Lipinski definition) is 1. The van der Waals surface area contributed by atoms with Crippen molar-refractivity contribution < 1.29 is 14.3 Å². The average molecular weight is 251 g/mol. The van der Waals surface area contributed by atoms with Crippen LogP contribution in [0.15, 0.2) is 18.2 Å². The predicted molar refractivity (Wildman–Crippen MR) is 67.2 cm³/mol. The zero-order valence-electron chi connectivity index (χ0n) is 9.26. The van der Waals surface area contributed by atoms with Crippen molar-refractivity contribution >= 4 is 24.2 Å². The largest absolute Gasteiger partial charge is 0.486 e. The van der Waals surface area contributed by atoms with E-state index in [1.165, 1.54) is 0 Å². The average Bonchev–Trinajstić information content (AvgIpc) is 2.68. The van der Waals surface area contributed by atoms with Crippen molar-refractivity contribution in [3.8, 4) is 11.5 Å². The van der Waals surface area contributed by atoms with Gasteiger partial charge in [0.1, 0.15) is 13.2 Å². The fourth-order valence-electron chi connectivity index (χ4n) is 2.19. The summed E-state index contributed by atoms with van der Waals surface area (Å²) in [5, 5.41) is 0.0999. The number of thiol groups is 1. The first-order valence-corrected chi connectivity index (χ1v) is 6.14. The smallest absolute Gasteiger partial charge is 0.228 e. The number of hydrogen-bond acceptors (Lipinski definition) is 4. The van der Waals surface area contributed by atoms with Crippen LogP contribution in [0.2, 0.25) is 0 Å². The molecule has 0 aromatic heterocycles. The van der Waals surface area contributed by atoms with Crippen molar-refractivity contribution in [3.05, 3.63) is 18.2 Å². The molecule has 2 aliphatic rings. The number of amides is 1. The molecule has 0 spiro atoms. The Labute approximate surface area is 105 Å². The van der Waals surface area contributed by atoms with E-state index in [-0.39, 0.29) is 11.2 Å². The lowest BCUT2D eigenvalue weighted by Gasteiger charge is -2.25. The number of nitrogens with zero attached hydrogens (tertiary/aromatic N) is 1. The normalized spacial score (nSPS) is 23.0. The minimum absolute atomic E-state index is 0.0903. The van der Waals surface area contributed by atoms with Gasteiger partial charge in [0.15, 0.2) is 11.5 Å². The van der Waals surface area contributed by atoms with Gasteiger partial charge in [-0.1, -0.05) is 6.07 Å². The van der Waals surface area contributed by atoms with Crippen molar-refractivity contribution in [2.75, 3.05) is 24.7 Å². The summed E-state index contributed by atoms with van der Waals surface area (Å²) in [6, 6.07) is 5.62. The van der Waals surface area contributed by atoms with Gasteiger partial charge in [0.25, 0.3) is 0 Å². The fraction of sp³-hybridized carbons (Fsp3) is 0.417. The quantitative estimate of drug-likeness (QED) is 0.769. The molecule has 4 nitrogen and oxygen atoms in total. The third-order valence-corrected chi connectivity index (χ3v) is 3.29. The second-order valence-electron chi connectivity index (χ2n) is 4.16. The number of para-hydroxylation sites is 1. The second kappa shape index (κ2) is 4.14. The molecule has 90 valence electrons. The van der Waals surface area contributed by atoms with E-state index in [9.17, 15) is 4.79 Å². The highest BCUT2D eigenvalue weighted by Crippen LogP contribution is 2.41. The second-order valence-corrected chi connectivity index (χ2v) is 4.89. The van der Waals surface area contributed by atoms with E-state index in [2.05, 4.69) is 12.6 Å². The summed E-state index contributed by atoms with van der Waals surface area (Å²) in [7, 11) is 0. The molecule has 3 rings (SSSR count). The number of anilines is 1. The van der Waals surface area contributed by atoms with Crippen LogP contribution in [0.25, 0.3) is 0 Å². The summed E-state index contributed by atoms with van der Waals surface area (Å²) in [5.41, 5.74) is 0.795. The van der Waals surface area contributed by atoms with E-state index >= 15 is 0 Å². The molecule has 0 saturated carbocycles. The van der Waals surface area contributed by atoms with Crippen molar-refractivity contribution in [2.24, 2.45) is 0 Å². The van der Waals surface area contributed by atoms with Crippen molar-refractivity contribution in [3.63, 3.8) is 0 Å².